The molecule has 0 fully saturated rings. The molecular weight excluding hydrogens is 384 g/mol. The largest absolute Gasteiger partial charge is 0.292 e. The Hall–Kier alpha value is -2.80. The highest BCUT2D eigenvalue weighted by Gasteiger charge is 2.15. The molecule has 2 aromatic carbocycles. The molecule has 0 aliphatic heterocycles. The Balaban J connectivity index is 1.96. The van der Waals surface area contributed by atoms with Crippen molar-refractivity contribution in [3.05, 3.63) is 74.6 Å². The zero-order valence-corrected chi connectivity index (χ0v) is 15.2. The first kappa shape index (κ1) is 17.0. The van der Waals surface area contributed by atoms with Crippen molar-refractivity contribution in [3.8, 4) is 0 Å². The third-order valence-electron chi connectivity index (χ3n) is 3.76. The summed E-state index contributed by atoms with van der Waals surface area (Å²) < 4.78 is 2.04. The maximum atomic E-state index is 12.5. The van der Waals surface area contributed by atoms with Crippen LogP contribution in [0.4, 0.5) is 0 Å². The van der Waals surface area contributed by atoms with Gasteiger partial charge in [-0.2, -0.15) is 10.2 Å². The van der Waals surface area contributed by atoms with Gasteiger partial charge in [-0.3, -0.25) is 9.59 Å². The van der Waals surface area contributed by atoms with Crippen molar-refractivity contribution in [2.45, 2.75) is 6.92 Å². The standard InChI is InChI=1S/C18H15BrN4O2/c1-11(12-7-5-6-10-15(12)19)20-21-17(24)16-13-8-3-4-9-14(13)18(25)23(2)22-16/h3-10H,1-2H3,(H,21,24)/b20-11-. The third-order valence-corrected chi connectivity index (χ3v) is 4.45. The average Bonchev–Trinajstić information content (AvgIpc) is 2.63. The van der Waals surface area contributed by atoms with Crippen LogP contribution in [0.25, 0.3) is 10.8 Å². The molecule has 0 unspecified atom stereocenters. The fourth-order valence-corrected chi connectivity index (χ4v) is 3.04. The Morgan fingerprint density at radius 1 is 1.12 bits per heavy atom. The minimum absolute atomic E-state index is 0.154. The highest BCUT2D eigenvalue weighted by molar-refractivity contribution is 9.10. The number of carbonyl (C=O) groups excluding carboxylic acids is 1. The Kier molecular flexibility index (Phi) is 4.76. The quantitative estimate of drug-likeness (QED) is 0.544. The Labute approximate surface area is 152 Å². The monoisotopic (exact) mass is 398 g/mol. The van der Waals surface area contributed by atoms with E-state index in [0.29, 0.717) is 16.5 Å². The van der Waals surface area contributed by atoms with Gasteiger partial charge in [-0.05, 0) is 19.1 Å². The molecule has 1 amide bonds. The lowest BCUT2D eigenvalue weighted by Gasteiger charge is -2.08. The number of hydrogen-bond donors (Lipinski definition) is 1. The summed E-state index contributed by atoms with van der Waals surface area (Å²) in [5.74, 6) is -0.474. The summed E-state index contributed by atoms with van der Waals surface area (Å²) in [6.45, 7) is 1.80. The second-order valence-electron chi connectivity index (χ2n) is 5.44. The van der Waals surface area contributed by atoms with Crippen LogP contribution in [0.15, 0.2) is 62.9 Å². The molecule has 3 rings (SSSR count). The summed E-state index contributed by atoms with van der Waals surface area (Å²) in [6.07, 6.45) is 0. The number of amides is 1. The second kappa shape index (κ2) is 6.98. The predicted octanol–water partition coefficient (Wildman–Crippen LogP) is 2.85. The molecule has 0 saturated heterocycles. The van der Waals surface area contributed by atoms with E-state index in [4.69, 9.17) is 0 Å². The van der Waals surface area contributed by atoms with E-state index in [0.717, 1.165) is 14.7 Å². The van der Waals surface area contributed by atoms with Gasteiger partial charge in [0.15, 0.2) is 5.69 Å². The molecule has 126 valence electrons. The number of hydrogen-bond acceptors (Lipinski definition) is 4. The molecule has 3 aromatic rings. The summed E-state index contributed by atoms with van der Waals surface area (Å²) in [6, 6.07) is 14.5. The molecule has 1 heterocycles. The van der Waals surface area contributed by atoms with Crippen LogP contribution < -0.4 is 11.0 Å². The van der Waals surface area contributed by atoms with Crippen LogP contribution in [0.2, 0.25) is 0 Å². The van der Waals surface area contributed by atoms with Gasteiger partial charge in [0, 0.05) is 22.5 Å². The van der Waals surface area contributed by atoms with E-state index in [1.807, 2.05) is 24.3 Å². The summed E-state index contributed by atoms with van der Waals surface area (Å²) in [7, 11) is 1.52. The zero-order chi connectivity index (χ0) is 18.0. The highest BCUT2D eigenvalue weighted by Crippen LogP contribution is 2.17. The van der Waals surface area contributed by atoms with Crippen molar-refractivity contribution >= 4 is 38.3 Å². The SMILES string of the molecule is C/C(=N/NC(=O)c1nn(C)c(=O)c2ccccc12)c1ccccc1Br. The molecule has 0 spiro atoms. The first-order valence-electron chi connectivity index (χ1n) is 7.54. The Morgan fingerprint density at radius 2 is 1.76 bits per heavy atom. The van der Waals surface area contributed by atoms with Gasteiger partial charge in [0.2, 0.25) is 0 Å². The van der Waals surface area contributed by atoms with Gasteiger partial charge in [0.05, 0.1) is 11.1 Å². The average molecular weight is 399 g/mol. The van der Waals surface area contributed by atoms with Crippen molar-refractivity contribution < 1.29 is 4.79 Å². The maximum Gasteiger partial charge on any atom is 0.292 e. The van der Waals surface area contributed by atoms with Gasteiger partial charge >= 0.3 is 0 Å². The molecule has 0 aliphatic rings. The molecular formula is C18H15BrN4O2. The molecule has 0 bridgehead atoms. The van der Waals surface area contributed by atoms with E-state index in [9.17, 15) is 9.59 Å². The lowest BCUT2D eigenvalue weighted by atomic mass is 10.1. The maximum absolute atomic E-state index is 12.5. The second-order valence-corrected chi connectivity index (χ2v) is 6.30. The molecule has 6 nitrogen and oxygen atoms in total. The van der Waals surface area contributed by atoms with Crippen LogP contribution in [0.1, 0.15) is 23.0 Å². The van der Waals surface area contributed by atoms with Crippen LogP contribution in [-0.2, 0) is 7.05 Å². The Bertz CT molecular complexity index is 1060. The number of halogens is 1. The van der Waals surface area contributed by atoms with Crippen LogP contribution in [0, 0.1) is 0 Å². The normalized spacial score (nSPS) is 11.6. The number of nitrogens with zero attached hydrogens (tertiary/aromatic N) is 3. The molecule has 1 N–H and O–H groups in total. The molecule has 7 heteroatoms. The fraction of sp³-hybridized carbons (Fsp3) is 0.111. The van der Waals surface area contributed by atoms with E-state index in [2.05, 4.69) is 31.6 Å². The predicted molar refractivity (Wildman–Crippen MR) is 101 cm³/mol. The van der Waals surface area contributed by atoms with Gasteiger partial charge in [0.25, 0.3) is 11.5 Å². The summed E-state index contributed by atoms with van der Waals surface area (Å²) >= 11 is 3.45. The number of aromatic nitrogens is 2. The lowest BCUT2D eigenvalue weighted by molar-refractivity contribution is 0.0949. The van der Waals surface area contributed by atoms with Crippen LogP contribution in [0.3, 0.4) is 0 Å². The van der Waals surface area contributed by atoms with Crippen molar-refractivity contribution in [2.24, 2.45) is 12.1 Å². The minimum atomic E-state index is -0.474. The lowest BCUT2D eigenvalue weighted by Crippen LogP contribution is -2.27. The Morgan fingerprint density at radius 3 is 2.48 bits per heavy atom. The first-order valence-corrected chi connectivity index (χ1v) is 8.34. The van der Waals surface area contributed by atoms with Gasteiger partial charge in [-0.1, -0.05) is 52.3 Å². The number of rotatable bonds is 3. The van der Waals surface area contributed by atoms with Crippen molar-refractivity contribution in [3.63, 3.8) is 0 Å². The van der Waals surface area contributed by atoms with Crippen LogP contribution in [0.5, 0.6) is 0 Å². The minimum Gasteiger partial charge on any atom is -0.267 e. The zero-order valence-electron chi connectivity index (χ0n) is 13.7. The number of aryl methyl sites for hydroxylation is 1. The highest BCUT2D eigenvalue weighted by atomic mass is 79.9. The van der Waals surface area contributed by atoms with Crippen molar-refractivity contribution in [2.75, 3.05) is 0 Å². The van der Waals surface area contributed by atoms with Gasteiger partial charge in [0.1, 0.15) is 0 Å². The van der Waals surface area contributed by atoms with E-state index in [1.165, 1.54) is 7.05 Å². The van der Waals surface area contributed by atoms with Gasteiger partial charge in [-0.25, -0.2) is 10.1 Å². The molecule has 0 aliphatic carbocycles. The van der Waals surface area contributed by atoms with E-state index in [1.54, 1.807) is 31.2 Å². The number of benzene rings is 2. The molecule has 0 atom stereocenters. The van der Waals surface area contributed by atoms with Crippen LogP contribution in [-0.4, -0.2) is 21.4 Å². The number of fused-ring (bicyclic) bond motifs is 1. The first-order chi connectivity index (χ1) is 12.0. The summed E-state index contributed by atoms with van der Waals surface area (Å²) in [5.41, 5.74) is 3.94. The van der Waals surface area contributed by atoms with E-state index < -0.39 is 5.91 Å². The number of carbonyl (C=O) groups is 1. The molecule has 0 saturated carbocycles. The topological polar surface area (TPSA) is 76.3 Å². The smallest absolute Gasteiger partial charge is 0.267 e. The van der Waals surface area contributed by atoms with Gasteiger partial charge < -0.3 is 0 Å². The van der Waals surface area contributed by atoms with Crippen molar-refractivity contribution in [1.29, 1.82) is 0 Å². The van der Waals surface area contributed by atoms with Crippen LogP contribution >= 0.6 is 15.9 Å². The molecule has 25 heavy (non-hydrogen) atoms. The number of nitrogens with one attached hydrogen (secondary N) is 1. The number of hydrazone groups is 1. The molecule has 0 radical (unpaired) electrons. The third kappa shape index (κ3) is 3.36. The molecule has 1 aromatic heterocycles. The van der Waals surface area contributed by atoms with Gasteiger partial charge in [-0.15, -0.1) is 0 Å². The summed E-state index contributed by atoms with van der Waals surface area (Å²) in [4.78, 5) is 24.7. The van der Waals surface area contributed by atoms with Crippen molar-refractivity contribution in [1.82, 2.24) is 15.2 Å². The summed E-state index contributed by atoms with van der Waals surface area (Å²) in [5, 5.41) is 9.17. The fourth-order valence-electron chi connectivity index (χ4n) is 2.47. The van der Waals surface area contributed by atoms with E-state index >= 15 is 0 Å². The van der Waals surface area contributed by atoms with E-state index in [-0.39, 0.29) is 11.3 Å².